The van der Waals surface area contributed by atoms with Crippen molar-refractivity contribution in [3.8, 4) is 0 Å². The molecule has 0 saturated heterocycles. The fourth-order valence-corrected chi connectivity index (χ4v) is 3.03. The average molecular weight is 392 g/mol. The van der Waals surface area contributed by atoms with Gasteiger partial charge in [0.2, 0.25) is 0 Å². The van der Waals surface area contributed by atoms with Crippen molar-refractivity contribution in [1.29, 1.82) is 0 Å². The van der Waals surface area contributed by atoms with Gasteiger partial charge in [0, 0.05) is 35.5 Å². The molecule has 2 aromatic carbocycles. The van der Waals surface area contributed by atoms with E-state index in [4.69, 9.17) is 12.2 Å². The Hall–Kier alpha value is -3.58. The van der Waals surface area contributed by atoms with E-state index in [0.29, 0.717) is 11.3 Å². The number of hydrogen-bond donors (Lipinski definition) is 2. The summed E-state index contributed by atoms with van der Waals surface area (Å²) in [5, 5.41) is 25.2. The highest BCUT2D eigenvalue weighted by molar-refractivity contribution is 7.81. The zero-order valence-corrected chi connectivity index (χ0v) is 15.9. The number of benzene rings is 2. The van der Waals surface area contributed by atoms with E-state index in [1.165, 1.54) is 18.2 Å². The van der Waals surface area contributed by atoms with Crippen LogP contribution in [0.5, 0.6) is 0 Å². The Morgan fingerprint density at radius 1 is 1.07 bits per heavy atom. The van der Waals surface area contributed by atoms with Gasteiger partial charge in [-0.15, -0.1) is 0 Å². The predicted molar refractivity (Wildman–Crippen MR) is 113 cm³/mol. The monoisotopic (exact) mass is 392 g/mol. The van der Waals surface area contributed by atoms with Crippen LogP contribution < -0.4 is 9.88 Å². The molecule has 0 unspecified atom stereocenters. The van der Waals surface area contributed by atoms with E-state index in [2.05, 4.69) is 5.32 Å². The number of nitro benzene ring substituents is 1. The lowest BCUT2D eigenvalue weighted by molar-refractivity contribution is -0.575. The molecule has 3 aromatic rings. The topological polar surface area (TPSA) is 79.3 Å². The fourth-order valence-electron chi connectivity index (χ4n) is 2.71. The van der Waals surface area contributed by atoms with Crippen LogP contribution in [0.4, 0.5) is 11.4 Å². The molecule has 0 saturated carbocycles. The Labute approximate surface area is 167 Å². The molecule has 28 heavy (non-hydrogen) atoms. The van der Waals surface area contributed by atoms with E-state index >= 15 is 0 Å². The number of nitro groups is 1. The molecular weight excluding hydrogens is 374 g/mol. The maximum absolute atomic E-state index is 11.1. The van der Waals surface area contributed by atoms with Crippen molar-refractivity contribution in [2.75, 3.05) is 5.32 Å². The molecule has 1 heterocycles. The molecule has 0 aliphatic heterocycles. The molecule has 0 amide bonds. The number of non-ortho nitro benzene ring substituents is 1. The number of aryl methyl sites for hydroxylation is 1. The summed E-state index contributed by atoms with van der Waals surface area (Å²) in [6, 6.07) is 18.9. The number of anilines is 1. The molecule has 0 atom stereocenters. The highest BCUT2D eigenvalue weighted by atomic mass is 32.1. The maximum atomic E-state index is 11.1. The molecule has 0 fully saturated rings. The molecule has 2 N–H and O–H groups in total. The first-order chi connectivity index (χ1) is 13.5. The van der Waals surface area contributed by atoms with Crippen molar-refractivity contribution in [3.63, 3.8) is 0 Å². The predicted octanol–water partition coefficient (Wildman–Crippen LogP) is 4.51. The van der Waals surface area contributed by atoms with Gasteiger partial charge in [0.05, 0.1) is 4.92 Å². The lowest BCUT2D eigenvalue weighted by atomic mass is 10.1. The summed E-state index contributed by atoms with van der Waals surface area (Å²) < 4.78 is 1.67. The van der Waals surface area contributed by atoms with Crippen molar-refractivity contribution < 1.29 is 14.6 Å². The smallest absolute Gasteiger partial charge is 0.288 e. The van der Waals surface area contributed by atoms with E-state index in [9.17, 15) is 15.2 Å². The van der Waals surface area contributed by atoms with Crippen LogP contribution in [0.2, 0.25) is 0 Å². The Morgan fingerprint density at radius 3 is 2.46 bits per heavy atom. The van der Waals surface area contributed by atoms with Gasteiger partial charge in [-0.3, -0.25) is 10.1 Å². The van der Waals surface area contributed by atoms with E-state index in [1.807, 2.05) is 37.3 Å². The second-order valence-electron chi connectivity index (χ2n) is 6.11. The lowest BCUT2D eigenvalue weighted by Gasteiger charge is -2.10. The minimum Gasteiger partial charge on any atom is -0.502 e. The van der Waals surface area contributed by atoms with E-state index in [1.54, 1.807) is 35.2 Å². The molecule has 0 bridgehead atoms. The van der Waals surface area contributed by atoms with Crippen LogP contribution in [0, 0.1) is 17.0 Å². The molecule has 6 nitrogen and oxygen atoms in total. The highest BCUT2D eigenvalue weighted by Gasteiger charge is 2.24. The summed E-state index contributed by atoms with van der Waals surface area (Å²) in [6.07, 6.45) is 3.49. The van der Waals surface area contributed by atoms with Crippen LogP contribution in [0.3, 0.4) is 0 Å². The Morgan fingerprint density at radius 2 is 1.79 bits per heavy atom. The highest BCUT2D eigenvalue weighted by Crippen LogP contribution is 2.23. The maximum Gasteiger partial charge on any atom is 0.288 e. The minimum atomic E-state index is -0.505. The number of nitrogens with one attached hydrogen (secondary N) is 1. The van der Waals surface area contributed by atoms with E-state index in [0.717, 1.165) is 11.3 Å². The van der Waals surface area contributed by atoms with Gasteiger partial charge < -0.3 is 10.4 Å². The number of nitrogens with zero attached hydrogens (tertiary/aromatic N) is 2. The molecule has 0 aliphatic rings. The summed E-state index contributed by atoms with van der Waals surface area (Å²) in [5.41, 5.74) is 2.35. The van der Waals surface area contributed by atoms with Crippen molar-refractivity contribution in [2.45, 2.75) is 6.92 Å². The summed E-state index contributed by atoms with van der Waals surface area (Å²) >= 11 is 5.56. The SMILES string of the molecule is Cc1cccc(NC(=S)C(=C(O)c2cccc([N+](=O)[O-])c2)[n+]2ccccc2)c1. The van der Waals surface area contributed by atoms with Gasteiger partial charge in [0.25, 0.3) is 11.4 Å². The van der Waals surface area contributed by atoms with Gasteiger partial charge in [-0.1, -0.05) is 42.5 Å². The number of aliphatic hydroxyl groups excluding tert-OH is 1. The molecule has 0 radical (unpaired) electrons. The number of aromatic nitrogens is 1. The van der Waals surface area contributed by atoms with Gasteiger partial charge in [0.1, 0.15) is 0 Å². The van der Waals surface area contributed by atoms with Crippen LogP contribution in [-0.2, 0) is 0 Å². The number of thiocarbonyl (C=S) groups is 1. The second-order valence-corrected chi connectivity index (χ2v) is 6.52. The first-order valence-electron chi connectivity index (χ1n) is 8.48. The van der Waals surface area contributed by atoms with Gasteiger partial charge >= 0.3 is 0 Å². The fraction of sp³-hybridized carbons (Fsp3) is 0.0476. The Balaban J connectivity index is 2.09. The largest absolute Gasteiger partial charge is 0.502 e. The van der Waals surface area contributed by atoms with Gasteiger partial charge in [-0.25, -0.2) is 0 Å². The second kappa shape index (κ2) is 8.41. The third-order valence-corrected chi connectivity index (χ3v) is 4.31. The standard InChI is InChI=1S/C21H17N3O3S/c1-15-7-5-9-17(13-15)22-21(28)19(23-11-3-2-4-12-23)20(25)16-8-6-10-18(14-16)24(26)27/h2-14H,1H3,(H-,22,25,28)/p+1. The van der Waals surface area contributed by atoms with Crippen LogP contribution >= 0.6 is 12.2 Å². The zero-order valence-electron chi connectivity index (χ0n) is 15.1. The number of aliphatic hydroxyl groups is 1. The number of rotatable bonds is 5. The quantitative estimate of drug-likeness (QED) is 0.167. The van der Waals surface area contributed by atoms with Crippen molar-refractivity contribution in [1.82, 2.24) is 0 Å². The molecule has 0 spiro atoms. The Bertz CT molecular complexity index is 1070. The lowest BCUT2D eigenvalue weighted by Crippen LogP contribution is -2.38. The first kappa shape index (κ1) is 19.2. The van der Waals surface area contributed by atoms with Crippen LogP contribution in [0.1, 0.15) is 11.1 Å². The van der Waals surface area contributed by atoms with Crippen LogP contribution in [0.25, 0.3) is 11.5 Å². The molecule has 140 valence electrons. The zero-order chi connectivity index (χ0) is 20.1. The third-order valence-electron chi connectivity index (χ3n) is 4.02. The molecule has 0 aliphatic carbocycles. The minimum absolute atomic E-state index is 0.112. The molecule has 7 heteroatoms. The van der Waals surface area contributed by atoms with Gasteiger partial charge in [-0.2, -0.15) is 4.57 Å². The van der Waals surface area contributed by atoms with Crippen LogP contribution in [-0.4, -0.2) is 15.0 Å². The summed E-state index contributed by atoms with van der Waals surface area (Å²) in [6.45, 7) is 1.97. The number of pyridine rings is 1. The number of hydrogen-bond acceptors (Lipinski definition) is 4. The first-order valence-corrected chi connectivity index (χ1v) is 8.89. The van der Waals surface area contributed by atoms with Crippen LogP contribution in [0.15, 0.2) is 79.1 Å². The van der Waals surface area contributed by atoms with Crippen molar-refractivity contribution in [3.05, 3.63) is 100 Å². The summed E-state index contributed by atoms with van der Waals surface area (Å²) in [7, 11) is 0. The average Bonchev–Trinajstić information content (AvgIpc) is 2.69. The van der Waals surface area contributed by atoms with Gasteiger partial charge in [0.15, 0.2) is 23.1 Å². The third kappa shape index (κ3) is 4.39. The van der Waals surface area contributed by atoms with Crippen molar-refractivity contribution >= 4 is 40.0 Å². The van der Waals surface area contributed by atoms with E-state index in [-0.39, 0.29) is 16.4 Å². The summed E-state index contributed by atoms with van der Waals surface area (Å²) in [5.74, 6) is -0.162. The van der Waals surface area contributed by atoms with Crippen molar-refractivity contribution in [2.24, 2.45) is 0 Å². The normalized spacial score (nSPS) is 11.5. The molecule has 1 aromatic heterocycles. The van der Waals surface area contributed by atoms with E-state index < -0.39 is 4.92 Å². The Kier molecular flexibility index (Phi) is 5.76. The summed E-state index contributed by atoms with van der Waals surface area (Å²) in [4.78, 5) is 10.9. The molecular formula is C21H18N3O3S+. The molecule has 3 rings (SSSR count). The van der Waals surface area contributed by atoms with Gasteiger partial charge in [-0.05, 0) is 24.6 Å².